The summed E-state index contributed by atoms with van der Waals surface area (Å²) < 4.78 is 19.3. The molecule has 8 nitrogen and oxygen atoms in total. The molecule has 1 aliphatic heterocycles. The maximum atomic E-state index is 13.3. The zero-order valence-electron chi connectivity index (χ0n) is 19.9. The topological polar surface area (TPSA) is 95.0 Å². The molecule has 34 heavy (non-hydrogen) atoms. The molecule has 1 aromatic carbocycles. The molecule has 1 aliphatic rings. The van der Waals surface area contributed by atoms with Gasteiger partial charge in [-0.15, -0.1) is 0 Å². The SMILES string of the molecule is CC=Cc1cnc2c(c1)C(=O)N([C@@H](C)CO)C[C@@H](C)[C@H](CN(C)C(=O)Nc1ccc(F)cc1)O2. The fourth-order valence-electron chi connectivity index (χ4n) is 3.72. The Bertz CT molecular complexity index is 1040. The molecule has 0 saturated heterocycles. The summed E-state index contributed by atoms with van der Waals surface area (Å²) in [7, 11) is 1.64. The van der Waals surface area contributed by atoms with Crippen molar-refractivity contribution in [3.05, 3.63) is 59.5 Å². The summed E-state index contributed by atoms with van der Waals surface area (Å²) in [4.78, 5) is 33.5. The number of aromatic nitrogens is 1. The lowest BCUT2D eigenvalue weighted by molar-refractivity contribution is 0.0356. The summed E-state index contributed by atoms with van der Waals surface area (Å²) >= 11 is 0. The fourth-order valence-corrected chi connectivity index (χ4v) is 3.72. The Morgan fingerprint density at radius 2 is 2.12 bits per heavy atom. The Labute approximate surface area is 199 Å². The van der Waals surface area contributed by atoms with E-state index < -0.39 is 12.1 Å². The first kappa shape index (κ1) is 25.2. The Balaban J connectivity index is 1.85. The van der Waals surface area contributed by atoms with Crippen molar-refractivity contribution in [1.29, 1.82) is 0 Å². The number of hydrogen-bond acceptors (Lipinski definition) is 5. The van der Waals surface area contributed by atoms with Gasteiger partial charge in [0.25, 0.3) is 5.91 Å². The van der Waals surface area contributed by atoms with Crippen LogP contribution in [0, 0.1) is 11.7 Å². The van der Waals surface area contributed by atoms with Crippen LogP contribution in [0.4, 0.5) is 14.9 Å². The van der Waals surface area contributed by atoms with Crippen LogP contribution in [0.3, 0.4) is 0 Å². The molecule has 0 unspecified atom stereocenters. The van der Waals surface area contributed by atoms with Crippen molar-refractivity contribution >= 4 is 23.7 Å². The number of aliphatic hydroxyl groups is 1. The molecular formula is C25H31FN4O4. The van der Waals surface area contributed by atoms with E-state index in [1.165, 1.54) is 29.2 Å². The molecule has 3 atom stereocenters. The molecule has 1 aromatic heterocycles. The second kappa shape index (κ2) is 11.1. The van der Waals surface area contributed by atoms with E-state index in [9.17, 15) is 19.1 Å². The van der Waals surface area contributed by atoms with Crippen molar-refractivity contribution in [2.75, 3.05) is 32.1 Å². The number of nitrogens with one attached hydrogen (secondary N) is 1. The largest absolute Gasteiger partial charge is 0.472 e. The highest BCUT2D eigenvalue weighted by molar-refractivity contribution is 5.97. The summed E-state index contributed by atoms with van der Waals surface area (Å²) in [5, 5.41) is 12.5. The minimum atomic E-state index is -0.468. The Morgan fingerprint density at radius 3 is 2.76 bits per heavy atom. The van der Waals surface area contributed by atoms with E-state index in [0.29, 0.717) is 17.8 Å². The monoisotopic (exact) mass is 470 g/mol. The van der Waals surface area contributed by atoms with Gasteiger partial charge in [-0.3, -0.25) is 4.79 Å². The molecule has 182 valence electrons. The van der Waals surface area contributed by atoms with Gasteiger partial charge in [-0.1, -0.05) is 19.1 Å². The van der Waals surface area contributed by atoms with Gasteiger partial charge in [0.1, 0.15) is 17.5 Å². The number of urea groups is 1. The van der Waals surface area contributed by atoms with Gasteiger partial charge in [0.05, 0.1) is 19.2 Å². The molecule has 0 spiro atoms. The average molecular weight is 471 g/mol. The first-order valence-electron chi connectivity index (χ1n) is 11.2. The minimum Gasteiger partial charge on any atom is -0.472 e. The molecular weight excluding hydrogens is 439 g/mol. The normalized spacial score (nSPS) is 19.1. The van der Waals surface area contributed by atoms with Gasteiger partial charge in [-0.05, 0) is 49.7 Å². The number of fused-ring (bicyclic) bond motifs is 1. The predicted molar refractivity (Wildman–Crippen MR) is 128 cm³/mol. The van der Waals surface area contributed by atoms with Gasteiger partial charge in [0.2, 0.25) is 5.88 Å². The van der Waals surface area contributed by atoms with Crippen LogP contribution < -0.4 is 10.1 Å². The number of allylic oxidation sites excluding steroid dienone is 1. The lowest BCUT2D eigenvalue weighted by Gasteiger charge is -2.37. The van der Waals surface area contributed by atoms with Gasteiger partial charge in [-0.25, -0.2) is 14.2 Å². The molecule has 2 N–H and O–H groups in total. The van der Waals surface area contributed by atoms with Crippen LogP contribution >= 0.6 is 0 Å². The highest BCUT2D eigenvalue weighted by Crippen LogP contribution is 2.27. The smallest absolute Gasteiger partial charge is 0.321 e. The van der Waals surface area contributed by atoms with E-state index in [2.05, 4.69) is 10.3 Å². The van der Waals surface area contributed by atoms with E-state index >= 15 is 0 Å². The van der Waals surface area contributed by atoms with Gasteiger partial charge in [0, 0.05) is 31.4 Å². The van der Waals surface area contributed by atoms with Crippen LogP contribution in [0.5, 0.6) is 5.88 Å². The number of hydrogen-bond donors (Lipinski definition) is 2. The van der Waals surface area contributed by atoms with Gasteiger partial charge < -0.3 is 25.0 Å². The Hall–Kier alpha value is -3.46. The standard InChI is InChI=1S/C25H31FN4O4/c1-5-6-18-11-21-23(27-12-18)34-22(16(2)13-30(24(21)32)17(3)15-31)14-29(4)25(33)28-20-9-7-19(26)8-10-20/h5-12,16-17,22,31H,13-15H2,1-4H3,(H,28,33)/t16-,17+,22+/m1/s1. The lowest BCUT2D eigenvalue weighted by Crippen LogP contribution is -2.50. The second-order valence-electron chi connectivity index (χ2n) is 8.56. The van der Waals surface area contributed by atoms with Crippen LogP contribution in [0.25, 0.3) is 6.08 Å². The van der Waals surface area contributed by atoms with Crippen molar-refractivity contribution in [3.8, 4) is 5.88 Å². The maximum Gasteiger partial charge on any atom is 0.321 e. The fraction of sp³-hybridized carbons (Fsp3) is 0.400. The molecule has 0 radical (unpaired) electrons. The van der Waals surface area contributed by atoms with E-state index in [-0.39, 0.29) is 42.7 Å². The third-order valence-electron chi connectivity index (χ3n) is 5.80. The first-order chi connectivity index (χ1) is 16.2. The van der Waals surface area contributed by atoms with E-state index in [4.69, 9.17) is 4.74 Å². The average Bonchev–Trinajstić information content (AvgIpc) is 2.82. The van der Waals surface area contributed by atoms with E-state index in [1.807, 2.05) is 26.0 Å². The molecule has 9 heteroatoms. The van der Waals surface area contributed by atoms with Gasteiger partial charge >= 0.3 is 6.03 Å². The highest BCUT2D eigenvalue weighted by atomic mass is 19.1. The van der Waals surface area contributed by atoms with Crippen LogP contribution in [0.1, 0.15) is 36.7 Å². The van der Waals surface area contributed by atoms with Crippen LogP contribution in [-0.4, -0.2) is 70.7 Å². The van der Waals surface area contributed by atoms with E-state index in [1.54, 1.807) is 31.1 Å². The van der Waals surface area contributed by atoms with Gasteiger partial charge in [-0.2, -0.15) is 0 Å². The third kappa shape index (κ3) is 5.91. The molecule has 0 saturated carbocycles. The first-order valence-corrected chi connectivity index (χ1v) is 11.2. The summed E-state index contributed by atoms with van der Waals surface area (Å²) in [5.41, 5.74) is 1.55. The van der Waals surface area contributed by atoms with Crippen molar-refractivity contribution in [2.24, 2.45) is 5.92 Å². The molecule has 0 aliphatic carbocycles. The zero-order valence-corrected chi connectivity index (χ0v) is 19.9. The number of ether oxygens (including phenoxy) is 1. The number of carbonyl (C=O) groups is 2. The number of pyridine rings is 1. The van der Waals surface area contributed by atoms with E-state index in [0.717, 1.165) is 5.56 Å². The zero-order chi connectivity index (χ0) is 24.8. The Kier molecular flexibility index (Phi) is 8.22. The second-order valence-corrected chi connectivity index (χ2v) is 8.56. The molecule has 0 fully saturated rings. The minimum absolute atomic E-state index is 0.163. The number of amides is 3. The number of rotatable bonds is 6. The van der Waals surface area contributed by atoms with Crippen LogP contribution in [-0.2, 0) is 0 Å². The number of aliphatic hydroxyl groups excluding tert-OH is 1. The maximum absolute atomic E-state index is 13.3. The molecule has 2 aromatic rings. The molecule has 2 heterocycles. The summed E-state index contributed by atoms with van der Waals surface area (Å²) in [6.07, 6.45) is 4.85. The summed E-state index contributed by atoms with van der Waals surface area (Å²) in [5.74, 6) is -0.618. The number of benzene rings is 1. The number of carbonyl (C=O) groups excluding carboxylic acids is 2. The Morgan fingerprint density at radius 1 is 1.41 bits per heavy atom. The predicted octanol–water partition coefficient (Wildman–Crippen LogP) is 3.64. The molecule has 3 amide bonds. The number of halogens is 1. The molecule has 0 bridgehead atoms. The number of likely N-dealkylation sites (N-methyl/N-ethyl adjacent to an activating group) is 1. The van der Waals surface area contributed by atoms with Crippen molar-refractivity contribution in [3.63, 3.8) is 0 Å². The van der Waals surface area contributed by atoms with Crippen LogP contribution in [0.15, 0.2) is 42.6 Å². The highest BCUT2D eigenvalue weighted by Gasteiger charge is 2.34. The number of nitrogens with zero attached hydrogens (tertiary/aromatic N) is 3. The lowest BCUT2D eigenvalue weighted by atomic mass is 10.00. The summed E-state index contributed by atoms with van der Waals surface area (Å²) in [6, 6.07) is 6.46. The van der Waals surface area contributed by atoms with Crippen molar-refractivity contribution in [2.45, 2.75) is 32.9 Å². The van der Waals surface area contributed by atoms with Gasteiger partial charge in [0.15, 0.2) is 0 Å². The summed E-state index contributed by atoms with van der Waals surface area (Å²) in [6.45, 7) is 5.97. The molecule has 3 rings (SSSR count). The van der Waals surface area contributed by atoms with Crippen molar-refractivity contribution < 1.29 is 23.8 Å². The van der Waals surface area contributed by atoms with Crippen LogP contribution in [0.2, 0.25) is 0 Å². The quantitative estimate of drug-likeness (QED) is 0.672. The number of anilines is 1. The third-order valence-corrected chi connectivity index (χ3v) is 5.80. The van der Waals surface area contributed by atoms with Crippen molar-refractivity contribution in [1.82, 2.24) is 14.8 Å².